The summed E-state index contributed by atoms with van der Waals surface area (Å²) in [7, 11) is 1.75. The first-order valence-corrected chi connectivity index (χ1v) is 4.98. The zero-order valence-electron chi connectivity index (χ0n) is 9.53. The van der Waals surface area contributed by atoms with Crippen LogP contribution in [0.25, 0.3) is 0 Å². The summed E-state index contributed by atoms with van der Waals surface area (Å²) in [5.74, 6) is 1.02. The third-order valence-electron chi connectivity index (χ3n) is 1.53. The first kappa shape index (κ1) is 11.5. The molecule has 0 amide bonds. The highest BCUT2D eigenvalue weighted by atomic mass is 16.5. The Morgan fingerprint density at radius 2 is 1.87 bits per heavy atom. The predicted octanol–water partition coefficient (Wildman–Crippen LogP) is 1.13. The third-order valence-corrected chi connectivity index (χ3v) is 1.53. The minimum atomic E-state index is 0.270. The summed E-state index contributed by atoms with van der Waals surface area (Å²) in [6.07, 6.45) is 0. The maximum absolute atomic E-state index is 5.23. The molecule has 1 rings (SSSR count). The summed E-state index contributed by atoms with van der Waals surface area (Å²) in [5, 5.41) is 5.95. The number of anilines is 2. The molecule has 1 aromatic heterocycles. The van der Waals surface area contributed by atoms with E-state index in [1.165, 1.54) is 0 Å². The SMILES string of the molecule is CCOc1nc(NC)nc(NC(C)C)n1. The van der Waals surface area contributed by atoms with E-state index in [0.29, 0.717) is 24.5 Å². The lowest BCUT2D eigenvalue weighted by Crippen LogP contribution is -2.14. The lowest BCUT2D eigenvalue weighted by Gasteiger charge is -2.10. The summed E-state index contributed by atoms with van der Waals surface area (Å²) >= 11 is 0. The molecule has 0 bridgehead atoms. The van der Waals surface area contributed by atoms with Crippen LogP contribution in [0.5, 0.6) is 6.01 Å². The fourth-order valence-corrected chi connectivity index (χ4v) is 0.985. The quantitative estimate of drug-likeness (QED) is 0.760. The summed E-state index contributed by atoms with van der Waals surface area (Å²) in [6.45, 7) is 6.46. The Labute approximate surface area is 89.5 Å². The molecule has 0 saturated heterocycles. The molecule has 0 aliphatic rings. The van der Waals surface area contributed by atoms with Gasteiger partial charge in [-0.3, -0.25) is 0 Å². The Morgan fingerprint density at radius 1 is 1.20 bits per heavy atom. The highest BCUT2D eigenvalue weighted by Crippen LogP contribution is 2.11. The average molecular weight is 211 g/mol. The first-order chi connectivity index (χ1) is 7.15. The maximum Gasteiger partial charge on any atom is 0.323 e. The number of nitrogens with one attached hydrogen (secondary N) is 2. The first-order valence-electron chi connectivity index (χ1n) is 4.98. The van der Waals surface area contributed by atoms with E-state index in [1.54, 1.807) is 7.05 Å². The van der Waals surface area contributed by atoms with Gasteiger partial charge in [-0.1, -0.05) is 0 Å². The van der Waals surface area contributed by atoms with Crippen molar-refractivity contribution in [2.45, 2.75) is 26.8 Å². The van der Waals surface area contributed by atoms with Crippen LogP contribution in [-0.4, -0.2) is 34.6 Å². The van der Waals surface area contributed by atoms with Crippen molar-refractivity contribution in [1.82, 2.24) is 15.0 Å². The zero-order chi connectivity index (χ0) is 11.3. The summed E-state index contributed by atoms with van der Waals surface area (Å²) < 4.78 is 5.23. The summed E-state index contributed by atoms with van der Waals surface area (Å²) in [5.41, 5.74) is 0. The van der Waals surface area contributed by atoms with E-state index in [9.17, 15) is 0 Å². The molecule has 0 fully saturated rings. The van der Waals surface area contributed by atoms with Crippen molar-refractivity contribution < 1.29 is 4.74 Å². The lowest BCUT2D eigenvalue weighted by molar-refractivity contribution is 0.312. The van der Waals surface area contributed by atoms with Gasteiger partial charge < -0.3 is 15.4 Å². The fourth-order valence-electron chi connectivity index (χ4n) is 0.985. The minimum absolute atomic E-state index is 0.270. The third kappa shape index (κ3) is 3.57. The molecule has 1 heterocycles. The van der Waals surface area contributed by atoms with Crippen LogP contribution in [0.1, 0.15) is 20.8 Å². The van der Waals surface area contributed by atoms with Crippen molar-refractivity contribution in [2.75, 3.05) is 24.3 Å². The van der Waals surface area contributed by atoms with Crippen molar-refractivity contribution >= 4 is 11.9 Å². The van der Waals surface area contributed by atoms with Gasteiger partial charge in [0, 0.05) is 13.1 Å². The average Bonchev–Trinajstić information content (AvgIpc) is 2.16. The van der Waals surface area contributed by atoms with Crippen LogP contribution in [0.4, 0.5) is 11.9 Å². The van der Waals surface area contributed by atoms with Crippen LogP contribution < -0.4 is 15.4 Å². The number of rotatable bonds is 5. The van der Waals surface area contributed by atoms with Crippen molar-refractivity contribution in [1.29, 1.82) is 0 Å². The number of hydrogen-bond donors (Lipinski definition) is 2. The highest BCUT2D eigenvalue weighted by molar-refractivity contribution is 5.35. The topological polar surface area (TPSA) is 72.0 Å². The molecule has 0 unspecified atom stereocenters. The Bertz CT molecular complexity index is 315. The molecule has 0 spiro atoms. The van der Waals surface area contributed by atoms with Gasteiger partial charge in [0.15, 0.2) is 0 Å². The van der Waals surface area contributed by atoms with Crippen molar-refractivity contribution in [3.63, 3.8) is 0 Å². The molecule has 6 nitrogen and oxygen atoms in total. The second-order valence-corrected chi connectivity index (χ2v) is 3.25. The van der Waals surface area contributed by atoms with Gasteiger partial charge >= 0.3 is 6.01 Å². The second kappa shape index (κ2) is 5.33. The fraction of sp³-hybridized carbons (Fsp3) is 0.667. The van der Waals surface area contributed by atoms with Gasteiger partial charge in [0.2, 0.25) is 11.9 Å². The Kier molecular flexibility index (Phi) is 4.08. The zero-order valence-corrected chi connectivity index (χ0v) is 9.53. The summed E-state index contributed by atoms with van der Waals surface area (Å²) in [4.78, 5) is 12.3. The van der Waals surface area contributed by atoms with E-state index in [4.69, 9.17) is 4.74 Å². The van der Waals surface area contributed by atoms with Crippen molar-refractivity contribution in [2.24, 2.45) is 0 Å². The molecule has 0 aliphatic heterocycles. The van der Waals surface area contributed by atoms with Gasteiger partial charge in [-0.05, 0) is 20.8 Å². The standard InChI is InChI=1S/C9H17N5O/c1-5-15-9-13-7(10-4)12-8(14-9)11-6(2)3/h6H,5H2,1-4H3,(H2,10,11,12,13,14). The van der Waals surface area contributed by atoms with Crippen molar-refractivity contribution in [3.05, 3.63) is 0 Å². The van der Waals surface area contributed by atoms with Crippen LogP contribution in [-0.2, 0) is 0 Å². The molecular weight excluding hydrogens is 194 g/mol. The Balaban J connectivity index is 2.89. The van der Waals surface area contributed by atoms with Crippen molar-refractivity contribution in [3.8, 4) is 6.01 Å². The van der Waals surface area contributed by atoms with E-state index < -0.39 is 0 Å². The Hall–Kier alpha value is -1.59. The van der Waals surface area contributed by atoms with E-state index in [2.05, 4.69) is 25.6 Å². The van der Waals surface area contributed by atoms with E-state index in [-0.39, 0.29) is 6.04 Å². The molecule has 0 aromatic carbocycles. The molecule has 15 heavy (non-hydrogen) atoms. The van der Waals surface area contributed by atoms with Crippen LogP contribution >= 0.6 is 0 Å². The number of hydrogen-bond acceptors (Lipinski definition) is 6. The van der Waals surface area contributed by atoms with Crippen LogP contribution in [0.2, 0.25) is 0 Å². The second-order valence-electron chi connectivity index (χ2n) is 3.25. The highest BCUT2D eigenvalue weighted by Gasteiger charge is 2.06. The number of aromatic nitrogens is 3. The van der Waals surface area contributed by atoms with Gasteiger partial charge in [-0.25, -0.2) is 0 Å². The van der Waals surface area contributed by atoms with Gasteiger partial charge in [-0.2, -0.15) is 15.0 Å². The molecule has 84 valence electrons. The van der Waals surface area contributed by atoms with Crippen LogP contribution in [0.15, 0.2) is 0 Å². The monoisotopic (exact) mass is 211 g/mol. The number of nitrogens with zero attached hydrogens (tertiary/aromatic N) is 3. The largest absolute Gasteiger partial charge is 0.464 e. The molecule has 2 N–H and O–H groups in total. The van der Waals surface area contributed by atoms with Gasteiger partial charge in [0.25, 0.3) is 0 Å². The van der Waals surface area contributed by atoms with Gasteiger partial charge in [0.05, 0.1) is 6.61 Å². The molecule has 1 aromatic rings. The normalized spacial score (nSPS) is 10.2. The number of ether oxygens (including phenoxy) is 1. The molecule has 6 heteroatoms. The van der Waals surface area contributed by atoms with E-state index in [1.807, 2.05) is 20.8 Å². The van der Waals surface area contributed by atoms with Gasteiger partial charge in [-0.15, -0.1) is 0 Å². The van der Waals surface area contributed by atoms with Crippen LogP contribution in [0, 0.1) is 0 Å². The lowest BCUT2D eigenvalue weighted by atomic mass is 10.4. The summed E-state index contributed by atoms with van der Waals surface area (Å²) in [6, 6.07) is 0.603. The van der Waals surface area contributed by atoms with E-state index >= 15 is 0 Å². The molecular formula is C9H17N5O. The molecule has 0 saturated carbocycles. The molecule has 0 aliphatic carbocycles. The molecule has 0 atom stereocenters. The Morgan fingerprint density at radius 3 is 2.40 bits per heavy atom. The molecule has 0 radical (unpaired) electrons. The maximum atomic E-state index is 5.23. The smallest absolute Gasteiger partial charge is 0.323 e. The van der Waals surface area contributed by atoms with Gasteiger partial charge in [0.1, 0.15) is 0 Å². The van der Waals surface area contributed by atoms with E-state index in [0.717, 1.165) is 0 Å². The van der Waals surface area contributed by atoms with Crippen LogP contribution in [0.3, 0.4) is 0 Å². The minimum Gasteiger partial charge on any atom is -0.464 e. The predicted molar refractivity (Wildman–Crippen MR) is 59.3 cm³/mol.